The minimum absolute atomic E-state index is 0.0307. The Kier molecular flexibility index (Phi) is 7.27. The van der Waals surface area contributed by atoms with E-state index in [1.807, 2.05) is 13.8 Å². The molecule has 0 saturated heterocycles. The molecule has 0 rings (SSSR count). The highest BCUT2D eigenvalue weighted by atomic mass is 32.2. The molecule has 1 amide bonds. The number of amides is 1. The van der Waals surface area contributed by atoms with Crippen molar-refractivity contribution in [1.29, 1.82) is 0 Å². The van der Waals surface area contributed by atoms with E-state index in [9.17, 15) is 13.2 Å². The van der Waals surface area contributed by atoms with Crippen LogP contribution in [0.5, 0.6) is 0 Å². The predicted molar refractivity (Wildman–Crippen MR) is 63.3 cm³/mol. The predicted octanol–water partition coefficient (Wildman–Crippen LogP) is -0.973. The van der Waals surface area contributed by atoms with E-state index in [2.05, 4.69) is 10.6 Å². The van der Waals surface area contributed by atoms with Crippen LogP contribution in [0.1, 0.15) is 20.3 Å². The van der Waals surface area contributed by atoms with Crippen LogP contribution < -0.4 is 15.8 Å². The standard InChI is InChI=1S/C9H21N3O3S/c1-8(2)7-12-9(13)3-4-11-5-6-16(10,14)15/h8,11H,3-7H2,1-2H3,(H,12,13)(H2,10,14,15). The van der Waals surface area contributed by atoms with Crippen LogP contribution in [0.2, 0.25) is 0 Å². The van der Waals surface area contributed by atoms with Crippen LogP contribution in [0.4, 0.5) is 0 Å². The number of hydrogen-bond donors (Lipinski definition) is 3. The molecule has 0 aliphatic carbocycles. The van der Waals surface area contributed by atoms with Gasteiger partial charge in [0.2, 0.25) is 15.9 Å². The van der Waals surface area contributed by atoms with Crippen LogP contribution in [-0.2, 0) is 14.8 Å². The lowest BCUT2D eigenvalue weighted by atomic mass is 10.2. The van der Waals surface area contributed by atoms with E-state index >= 15 is 0 Å². The summed E-state index contributed by atoms with van der Waals surface area (Å²) in [6, 6.07) is 0. The lowest BCUT2D eigenvalue weighted by molar-refractivity contribution is -0.121. The van der Waals surface area contributed by atoms with E-state index in [1.165, 1.54) is 0 Å². The summed E-state index contributed by atoms with van der Waals surface area (Å²) in [6.45, 7) is 5.43. The second-order valence-corrected chi connectivity index (χ2v) is 5.80. The highest BCUT2D eigenvalue weighted by molar-refractivity contribution is 7.89. The van der Waals surface area contributed by atoms with Gasteiger partial charge in [-0.3, -0.25) is 4.79 Å². The number of nitrogens with two attached hydrogens (primary N) is 1. The second kappa shape index (κ2) is 7.59. The Bertz CT molecular complexity index is 301. The van der Waals surface area contributed by atoms with Crippen LogP contribution in [0.25, 0.3) is 0 Å². The van der Waals surface area contributed by atoms with Crippen molar-refractivity contribution in [1.82, 2.24) is 10.6 Å². The van der Waals surface area contributed by atoms with Crippen molar-refractivity contribution in [3.8, 4) is 0 Å². The van der Waals surface area contributed by atoms with Gasteiger partial charge in [-0.1, -0.05) is 13.8 Å². The number of carbonyl (C=O) groups is 1. The Morgan fingerprint density at radius 3 is 2.44 bits per heavy atom. The first-order valence-corrected chi connectivity index (χ1v) is 7.00. The number of nitrogens with one attached hydrogen (secondary N) is 2. The third-order valence-corrected chi connectivity index (χ3v) is 2.57. The topological polar surface area (TPSA) is 101 Å². The molecule has 0 atom stereocenters. The van der Waals surface area contributed by atoms with Gasteiger partial charge < -0.3 is 10.6 Å². The maximum Gasteiger partial charge on any atom is 0.221 e. The first kappa shape index (κ1) is 15.3. The van der Waals surface area contributed by atoms with Gasteiger partial charge in [0.25, 0.3) is 0 Å². The largest absolute Gasteiger partial charge is 0.356 e. The Morgan fingerprint density at radius 1 is 1.31 bits per heavy atom. The SMILES string of the molecule is CC(C)CNC(=O)CCNCCS(N)(=O)=O. The summed E-state index contributed by atoms with van der Waals surface area (Å²) < 4.78 is 21.1. The number of sulfonamides is 1. The van der Waals surface area contributed by atoms with Gasteiger partial charge >= 0.3 is 0 Å². The van der Waals surface area contributed by atoms with Crippen molar-refractivity contribution in [3.05, 3.63) is 0 Å². The molecule has 0 fully saturated rings. The molecule has 0 bridgehead atoms. The van der Waals surface area contributed by atoms with Crippen LogP contribution in [-0.4, -0.2) is 39.7 Å². The molecule has 0 aromatic carbocycles. The van der Waals surface area contributed by atoms with Gasteiger partial charge in [-0.25, -0.2) is 13.6 Å². The molecule has 0 spiro atoms. The van der Waals surface area contributed by atoms with Crippen LogP contribution >= 0.6 is 0 Å². The zero-order chi connectivity index (χ0) is 12.6. The Hall–Kier alpha value is -0.660. The number of rotatable bonds is 8. The monoisotopic (exact) mass is 251 g/mol. The normalized spacial score (nSPS) is 11.8. The fourth-order valence-electron chi connectivity index (χ4n) is 0.948. The van der Waals surface area contributed by atoms with E-state index in [0.717, 1.165) is 0 Å². The quantitative estimate of drug-likeness (QED) is 0.483. The van der Waals surface area contributed by atoms with E-state index in [4.69, 9.17) is 5.14 Å². The van der Waals surface area contributed by atoms with Crippen molar-refractivity contribution >= 4 is 15.9 Å². The molecule has 0 saturated carbocycles. The van der Waals surface area contributed by atoms with Crippen molar-refractivity contribution in [3.63, 3.8) is 0 Å². The van der Waals surface area contributed by atoms with Crippen molar-refractivity contribution in [2.75, 3.05) is 25.4 Å². The van der Waals surface area contributed by atoms with Crippen molar-refractivity contribution in [2.45, 2.75) is 20.3 Å². The summed E-state index contributed by atoms with van der Waals surface area (Å²) in [7, 11) is -3.41. The van der Waals surface area contributed by atoms with Crippen LogP contribution in [0.15, 0.2) is 0 Å². The minimum atomic E-state index is -3.41. The maximum atomic E-state index is 11.2. The summed E-state index contributed by atoms with van der Waals surface area (Å²) in [6.07, 6.45) is 0.345. The van der Waals surface area contributed by atoms with Crippen molar-refractivity contribution < 1.29 is 13.2 Å². The highest BCUT2D eigenvalue weighted by Crippen LogP contribution is 1.87. The third-order valence-electron chi connectivity index (χ3n) is 1.80. The summed E-state index contributed by atoms with van der Waals surface area (Å²) in [5.41, 5.74) is 0. The van der Waals surface area contributed by atoms with Gasteiger partial charge in [0.15, 0.2) is 0 Å². The van der Waals surface area contributed by atoms with Crippen LogP contribution in [0, 0.1) is 5.92 Å². The van der Waals surface area contributed by atoms with E-state index in [1.54, 1.807) is 0 Å². The minimum Gasteiger partial charge on any atom is -0.356 e. The van der Waals surface area contributed by atoms with Gasteiger partial charge in [-0.05, 0) is 5.92 Å². The molecule has 96 valence electrons. The first-order valence-electron chi connectivity index (χ1n) is 5.29. The van der Waals surface area contributed by atoms with E-state index in [-0.39, 0.29) is 18.2 Å². The summed E-state index contributed by atoms with van der Waals surface area (Å²) in [4.78, 5) is 11.2. The molecule has 7 heteroatoms. The second-order valence-electron chi connectivity index (χ2n) is 4.06. The van der Waals surface area contributed by atoms with Crippen LogP contribution in [0.3, 0.4) is 0 Å². The number of primary sulfonamides is 1. The summed E-state index contributed by atoms with van der Waals surface area (Å²) in [5.74, 6) is 0.289. The molecule has 0 aliphatic heterocycles. The molecular weight excluding hydrogens is 230 g/mol. The molecule has 16 heavy (non-hydrogen) atoms. The van der Waals surface area contributed by atoms with Gasteiger partial charge in [0.1, 0.15) is 0 Å². The average Bonchev–Trinajstić information content (AvgIpc) is 2.12. The highest BCUT2D eigenvalue weighted by Gasteiger charge is 2.03. The number of hydrogen-bond acceptors (Lipinski definition) is 4. The third kappa shape index (κ3) is 11.4. The Labute approximate surface area is 97.0 Å². The molecule has 0 radical (unpaired) electrons. The van der Waals surface area contributed by atoms with Gasteiger partial charge in [-0.15, -0.1) is 0 Å². The average molecular weight is 251 g/mol. The zero-order valence-corrected chi connectivity index (χ0v) is 10.6. The maximum absolute atomic E-state index is 11.2. The molecule has 0 aromatic heterocycles. The zero-order valence-electron chi connectivity index (χ0n) is 9.82. The smallest absolute Gasteiger partial charge is 0.221 e. The van der Waals surface area contributed by atoms with E-state index < -0.39 is 10.0 Å². The molecule has 0 aromatic rings. The molecule has 4 N–H and O–H groups in total. The van der Waals surface area contributed by atoms with Gasteiger partial charge in [-0.2, -0.15) is 0 Å². The fraction of sp³-hybridized carbons (Fsp3) is 0.889. The lowest BCUT2D eigenvalue weighted by Crippen LogP contribution is -2.32. The molecule has 0 heterocycles. The molecular formula is C9H21N3O3S. The summed E-state index contributed by atoms with van der Waals surface area (Å²) in [5, 5.41) is 10.4. The van der Waals surface area contributed by atoms with Gasteiger partial charge in [0.05, 0.1) is 5.75 Å². The number of carbonyl (C=O) groups excluding carboxylic acids is 1. The molecule has 0 aliphatic rings. The fourth-order valence-corrected chi connectivity index (χ4v) is 1.38. The lowest BCUT2D eigenvalue weighted by Gasteiger charge is -2.07. The van der Waals surface area contributed by atoms with E-state index in [0.29, 0.717) is 25.4 Å². The summed E-state index contributed by atoms with van der Waals surface area (Å²) >= 11 is 0. The van der Waals surface area contributed by atoms with Crippen molar-refractivity contribution in [2.24, 2.45) is 11.1 Å². The molecule has 6 nitrogen and oxygen atoms in total. The first-order chi connectivity index (χ1) is 7.31. The molecule has 0 unspecified atom stereocenters. The Morgan fingerprint density at radius 2 is 1.94 bits per heavy atom. The Balaban J connectivity index is 3.42. The van der Waals surface area contributed by atoms with Gasteiger partial charge in [0, 0.05) is 26.1 Å².